The van der Waals surface area contributed by atoms with Crippen molar-refractivity contribution in [3.8, 4) is 16.9 Å². The van der Waals surface area contributed by atoms with Gasteiger partial charge in [-0.25, -0.2) is 0 Å². The quantitative estimate of drug-likeness (QED) is 0.693. The normalized spacial score (nSPS) is 10.8. The van der Waals surface area contributed by atoms with Crippen molar-refractivity contribution in [3.63, 3.8) is 0 Å². The van der Waals surface area contributed by atoms with Gasteiger partial charge in [0.1, 0.15) is 17.3 Å². The molecule has 0 bridgehead atoms. The van der Waals surface area contributed by atoms with E-state index in [0.29, 0.717) is 0 Å². The minimum absolute atomic E-state index is 0.798. The van der Waals surface area contributed by atoms with Gasteiger partial charge in [-0.15, -0.1) is 0 Å². The third-order valence-electron chi connectivity index (χ3n) is 3.32. The molecule has 1 aromatic carbocycles. The van der Waals surface area contributed by atoms with Gasteiger partial charge in [0, 0.05) is 12.0 Å². The molecule has 2 aliphatic rings. The third-order valence-corrected chi connectivity index (χ3v) is 3.32. The van der Waals surface area contributed by atoms with Gasteiger partial charge in [0.15, 0.2) is 0 Å². The van der Waals surface area contributed by atoms with E-state index in [1.807, 2.05) is 19.1 Å². The van der Waals surface area contributed by atoms with Crippen molar-refractivity contribution in [2.75, 3.05) is 7.11 Å². The Kier molecular flexibility index (Phi) is 3.00. The number of ether oxygens (including phenoxy) is 1. The summed E-state index contributed by atoms with van der Waals surface area (Å²) in [5.74, 6) is 2.84. The molecule has 2 heteroatoms. The molecule has 2 nitrogen and oxygen atoms in total. The average molecular weight is 252 g/mol. The number of hydrogen-bond donors (Lipinski definition) is 0. The minimum Gasteiger partial charge on any atom is -0.497 e. The van der Waals surface area contributed by atoms with E-state index in [2.05, 4.69) is 36.4 Å². The summed E-state index contributed by atoms with van der Waals surface area (Å²) in [7, 11) is 1.68. The van der Waals surface area contributed by atoms with Crippen LogP contribution in [0.4, 0.5) is 0 Å². The van der Waals surface area contributed by atoms with E-state index in [0.717, 1.165) is 23.7 Å². The molecule has 0 unspecified atom stereocenters. The lowest BCUT2D eigenvalue weighted by atomic mass is 10.0. The smallest absolute Gasteiger partial charge is 0.118 e. The summed E-state index contributed by atoms with van der Waals surface area (Å²) in [6, 6.07) is 16.5. The fourth-order valence-corrected chi connectivity index (χ4v) is 2.37. The topological polar surface area (TPSA) is 22.4 Å². The second-order valence-corrected chi connectivity index (χ2v) is 4.70. The van der Waals surface area contributed by atoms with Gasteiger partial charge in [-0.2, -0.15) is 0 Å². The molecule has 0 spiro atoms. The molecule has 0 aromatic heterocycles. The molecule has 0 amide bonds. The van der Waals surface area contributed by atoms with Crippen molar-refractivity contribution < 1.29 is 9.15 Å². The fraction of sp³-hybridized carbons (Fsp3) is 0.176. The molecule has 3 rings (SSSR count). The Bertz CT molecular complexity index is 650. The predicted octanol–water partition coefficient (Wildman–Crippen LogP) is 4.29. The molecule has 1 aliphatic heterocycles. The first-order valence-electron chi connectivity index (χ1n) is 6.37. The van der Waals surface area contributed by atoms with Crippen LogP contribution in [0, 0.1) is 6.92 Å². The lowest BCUT2D eigenvalue weighted by molar-refractivity contribution is 0.414. The summed E-state index contributed by atoms with van der Waals surface area (Å²) in [5.41, 5.74) is 3.66. The predicted molar refractivity (Wildman–Crippen MR) is 75.9 cm³/mol. The Hall–Kier alpha value is -2.22. The number of fused-ring (bicyclic) bond motifs is 1. The van der Waals surface area contributed by atoms with E-state index in [4.69, 9.17) is 9.15 Å². The number of methoxy groups -OCH3 is 1. The van der Waals surface area contributed by atoms with Crippen LogP contribution in [0.5, 0.6) is 5.75 Å². The third kappa shape index (κ3) is 2.34. The lowest BCUT2D eigenvalue weighted by Crippen LogP contribution is -1.93. The van der Waals surface area contributed by atoms with Crippen LogP contribution < -0.4 is 4.74 Å². The van der Waals surface area contributed by atoms with E-state index in [1.54, 1.807) is 7.11 Å². The molecular formula is C17H16O2. The molecule has 0 saturated carbocycles. The van der Waals surface area contributed by atoms with Gasteiger partial charge in [0.05, 0.1) is 7.11 Å². The zero-order valence-corrected chi connectivity index (χ0v) is 11.1. The fourth-order valence-electron chi connectivity index (χ4n) is 2.37. The second kappa shape index (κ2) is 4.81. The van der Waals surface area contributed by atoms with Crippen LogP contribution in [-0.2, 0) is 6.42 Å². The van der Waals surface area contributed by atoms with Crippen molar-refractivity contribution >= 4 is 0 Å². The van der Waals surface area contributed by atoms with Gasteiger partial charge in [-0.3, -0.25) is 0 Å². The number of aryl methyl sites for hydroxylation is 1. The maximum Gasteiger partial charge on any atom is 0.118 e. The van der Waals surface area contributed by atoms with Crippen LogP contribution in [0.1, 0.15) is 17.1 Å². The first-order chi connectivity index (χ1) is 9.26. The Balaban J connectivity index is 1.94. The first kappa shape index (κ1) is 11.8. The molecule has 0 saturated heterocycles. The van der Waals surface area contributed by atoms with Crippen molar-refractivity contribution in [1.29, 1.82) is 0 Å². The molecule has 1 aliphatic carbocycles. The Morgan fingerprint density at radius 3 is 2.58 bits per heavy atom. The molecule has 19 heavy (non-hydrogen) atoms. The molecule has 0 radical (unpaired) electrons. The monoisotopic (exact) mass is 252 g/mol. The summed E-state index contributed by atoms with van der Waals surface area (Å²) >= 11 is 0. The van der Waals surface area contributed by atoms with Gasteiger partial charge in [-0.05, 0) is 36.2 Å². The van der Waals surface area contributed by atoms with E-state index in [-0.39, 0.29) is 0 Å². The highest BCUT2D eigenvalue weighted by Crippen LogP contribution is 2.30. The number of benzene rings is 1. The minimum atomic E-state index is 0.798. The number of rotatable bonds is 3. The summed E-state index contributed by atoms with van der Waals surface area (Å²) < 4.78 is 11.1. The Labute approximate surface area is 113 Å². The molecule has 1 heterocycles. The van der Waals surface area contributed by atoms with Crippen LogP contribution in [0.15, 0.2) is 52.9 Å². The molecule has 0 N–H and O–H groups in total. The number of hydrogen-bond acceptors (Lipinski definition) is 2. The van der Waals surface area contributed by atoms with Crippen LogP contribution in [0.2, 0.25) is 0 Å². The van der Waals surface area contributed by atoms with Gasteiger partial charge >= 0.3 is 0 Å². The summed E-state index contributed by atoms with van der Waals surface area (Å²) in [5, 5.41) is 0. The summed E-state index contributed by atoms with van der Waals surface area (Å²) in [6.45, 7) is 1.99. The molecule has 96 valence electrons. The van der Waals surface area contributed by atoms with Crippen LogP contribution in [0.3, 0.4) is 0 Å². The lowest BCUT2D eigenvalue weighted by Gasteiger charge is -2.09. The highest BCUT2D eigenvalue weighted by molar-refractivity contribution is 5.68. The highest BCUT2D eigenvalue weighted by Gasteiger charge is 2.12. The molecular weight excluding hydrogens is 236 g/mol. The average Bonchev–Trinajstić information content (AvgIpc) is 2.88. The van der Waals surface area contributed by atoms with Gasteiger partial charge in [-0.1, -0.05) is 30.3 Å². The van der Waals surface area contributed by atoms with E-state index >= 15 is 0 Å². The SMILES string of the molecule is COc1ccc(Cc2oc(C)cc3cccc2-3)cc1. The van der Waals surface area contributed by atoms with Gasteiger partial charge in [0.25, 0.3) is 0 Å². The van der Waals surface area contributed by atoms with Crippen LogP contribution in [-0.4, -0.2) is 7.11 Å². The summed E-state index contributed by atoms with van der Waals surface area (Å²) in [4.78, 5) is 0. The highest BCUT2D eigenvalue weighted by atomic mass is 16.5. The van der Waals surface area contributed by atoms with Crippen molar-refractivity contribution in [3.05, 3.63) is 65.6 Å². The molecule has 0 fully saturated rings. The zero-order chi connectivity index (χ0) is 13.2. The zero-order valence-electron chi connectivity index (χ0n) is 11.1. The van der Waals surface area contributed by atoms with E-state index in [9.17, 15) is 0 Å². The van der Waals surface area contributed by atoms with Gasteiger partial charge in [0.2, 0.25) is 0 Å². The largest absolute Gasteiger partial charge is 0.497 e. The standard InChI is InChI=1S/C17H16O2/c1-12-10-14-4-3-5-16(14)17(19-12)11-13-6-8-15(18-2)9-7-13/h3-10H,11H2,1-2H3. The van der Waals surface area contributed by atoms with Crippen molar-refractivity contribution in [2.24, 2.45) is 0 Å². The Morgan fingerprint density at radius 1 is 1.05 bits per heavy atom. The van der Waals surface area contributed by atoms with Crippen molar-refractivity contribution in [1.82, 2.24) is 0 Å². The van der Waals surface area contributed by atoms with E-state index in [1.165, 1.54) is 16.7 Å². The molecule has 0 atom stereocenters. The van der Waals surface area contributed by atoms with Crippen LogP contribution >= 0.6 is 0 Å². The maximum absolute atomic E-state index is 5.88. The van der Waals surface area contributed by atoms with Crippen molar-refractivity contribution in [2.45, 2.75) is 13.3 Å². The summed E-state index contributed by atoms with van der Waals surface area (Å²) in [6.07, 6.45) is 0.798. The van der Waals surface area contributed by atoms with Gasteiger partial charge < -0.3 is 9.15 Å². The maximum atomic E-state index is 5.88. The van der Waals surface area contributed by atoms with Crippen LogP contribution in [0.25, 0.3) is 11.1 Å². The first-order valence-corrected chi connectivity index (χ1v) is 6.37. The van der Waals surface area contributed by atoms with E-state index < -0.39 is 0 Å². The second-order valence-electron chi connectivity index (χ2n) is 4.70. The Morgan fingerprint density at radius 2 is 1.84 bits per heavy atom. The molecule has 1 aromatic rings.